The summed E-state index contributed by atoms with van der Waals surface area (Å²) in [5, 5.41) is 8.47. The molecule has 15 heavy (non-hydrogen) atoms. The third kappa shape index (κ3) is 1.52. The Bertz CT molecular complexity index is 520. The van der Waals surface area contributed by atoms with Crippen molar-refractivity contribution < 1.29 is 4.79 Å². The molecule has 78 valence electrons. The quantitative estimate of drug-likeness (QED) is 0.780. The highest BCUT2D eigenvalue weighted by molar-refractivity contribution is 7.21. The van der Waals surface area contributed by atoms with E-state index in [1.165, 1.54) is 16.2 Å². The maximum atomic E-state index is 11.7. The van der Waals surface area contributed by atoms with Crippen molar-refractivity contribution in [2.24, 2.45) is 0 Å². The van der Waals surface area contributed by atoms with Gasteiger partial charge in [0.15, 0.2) is 0 Å². The molecule has 2 N–H and O–H groups in total. The number of anilines is 1. The Hall–Kier alpha value is -1.69. The van der Waals surface area contributed by atoms with Crippen LogP contribution in [0.15, 0.2) is 12.3 Å². The molecule has 0 bridgehead atoms. The summed E-state index contributed by atoms with van der Waals surface area (Å²) in [5.41, 5.74) is 6.36. The molecule has 2 aromatic heterocycles. The zero-order valence-electron chi connectivity index (χ0n) is 8.39. The topological polar surface area (TPSA) is 72.1 Å². The number of rotatable bonds is 1. The second-order valence-corrected chi connectivity index (χ2v) is 4.29. The first kappa shape index (κ1) is 9.85. The molecular formula is C9H10N4OS. The van der Waals surface area contributed by atoms with Crippen LogP contribution < -0.4 is 5.73 Å². The van der Waals surface area contributed by atoms with Crippen LogP contribution in [-0.4, -0.2) is 35.1 Å². The van der Waals surface area contributed by atoms with Crippen molar-refractivity contribution in [3.05, 3.63) is 17.1 Å². The Labute approximate surface area is 90.5 Å². The molecule has 0 aliphatic carbocycles. The molecule has 0 aliphatic rings. The van der Waals surface area contributed by atoms with Crippen LogP contribution in [0.3, 0.4) is 0 Å². The molecule has 6 heteroatoms. The Balaban J connectivity index is 2.63. The molecular weight excluding hydrogens is 212 g/mol. The van der Waals surface area contributed by atoms with Crippen LogP contribution in [0.5, 0.6) is 0 Å². The van der Waals surface area contributed by atoms with E-state index < -0.39 is 0 Å². The summed E-state index contributed by atoms with van der Waals surface area (Å²) >= 11 is 1.27. The summed E-state index contributed by atoms with van der Waals surface area (Å²) in [7, 11) is 3.38. The highest BCUT2D eigenvalue weighted by atomic mass is 32.1. The minimum absolute atomic E-state index is 0.101. The lowest BCUT2D eigenvalue weighted by Crippen LogP contribution is -2.21. The number of carbonyl (C=O) groups is 1. The maximum absolute atomic E-state index is 11.7. The van der Waals surface area contributed by atoms with Gasteiger partial charge in [0.05, 0.1) is 11.9 Å². The summed E-state index contributed by atoms with van der Waals surface area (Å²) in [6.45, 7) is 0. The standard InChI is InChI=1S/C9H10N4OS/c1-13(2)9(14)7-6(10)5-3-4-11-12-8(5)15-7/h3-4H,10H2,1-2H3. The van der Waals surface area contributed by atoms with E-state index in [-0.39, 0.29) is 5.91 Å². The molecule has 2 aromatic rings. The lowest BCUT2D eigenvalue weighted by Gasteiger charge is -2.08. The number of hydrogen-bond donors (Lipinski definition) is 1. The van der Waals surface area contributed by atoms with E-state index in [1.807, 2.05) is 0 Å². The monoisotopic (exact) mass is 222 g/mol. The third-order valence-corrected chi connectivity index (χ3v) is 3.11. The zero-order valence-corrected chi connectivity index (χ0v) is 9.21. The number of aromatic nitrogens is 2. The molecule has 5 nitrogen and oxygen atoms in total. The molecule has 0 saturated heterocycles. The van der Waals surface area contributed by atoms with Gasteiger partial charge in [-0.3, -0.25) is 4.79 Å². The normalized spacial score (nSPS) is 10.5. The molecule has 0 saturated carbocycles. The number of carbonyl (C=O) groups excluding carboxylic acids is 1. The minimum Gasteiger partial charge on any atom is -0.397 e. The summed E-state index contributed by atoms with van der Waals surface area (Å²) in [6.07, 6.45) is 1.56. The van der Waals surface area contributed by atoms with Crippen molar-refractivity contribution >= 4 is 33.1 Å². The van der Waals surface area contributed by atoms with Gasteiger partial charge in [0, 0.05) is 19.5 Å². The SMILES string of the molecule is CN(C)C(=O)c1sc2nnccc2c1N. The second-order valence-electron chi connectivity index (χ2n) is 3.29. The maximum Gasteiger partial charge on any atom is 0.265 e. The Morgan fingerprint density at radius 1 is 1.53 bits per heavy atom. The number of nitrogen functional groups attached to an aromatic ring is 1. The van der Waals surface area contributed by atoms with Gasteiger partial charge in [0.1, 0.15) is 9.71 Å². The first-order valence-corrected chi connectivity index (χ1v) is 5.14. The van der Waals surface area contributed by atoms with Crippen molar-refractivity contribution in [1.29, 1.82) is 0 Å². The highest BCUT2D eigenvalue weighted by Gasteiger charge is 2.18. The van der Waals surface area contributed by atoms with E-state index in [0.29, 0.717) is 15.4 Å². The van der Waals surface area contributed by atoms with E-state index in [2.05, 4.69) is 10.2 Å². The number of nitrogens with zero attached hydrogens (tertiary/aromatic N) is 3. The first-order valence-electron chi connectivity index (χ1n) is 4.32. The summed E-state index contributed by atoms with van der Waals surface area (Å²) in [6, 6.07) is 1.76. The lowest BCUT2D eigenvalue weighted by atomic mass is 10.3. The lowest BCUT2D eigenvalue weighted by molar-refractivity contribution is 0.0833. The van der Waals surface area contributed by atoms with Crippen LogP contribution in [0, 0.1) is 0 Å². The number of fused-ring (bicyclic) bond motifs is 1. The number of amides is 1. The summed E-state index contributed by atoms with van der Waals surface area (Å²) in [5.74, 6) is -0.101. The van der Waals surface area contributed by atoms with Crippen LogP contribution in [0.1, 0.15) is 9.67 Å². The van der Waals surface area contributed by atoms with Gasteiger partial charge < -0.3 is 10.6 Å². The Kier molecular flexibility index (Phi) is 2.28. The highest BCUT2D eigenvalue weighted by Crippen LogP contribution is 2.31. The zero-order chi connectivity index (χ0) is 11.0. The van der Waals surface area contributed by atoms with E-state index in [4.69, 9.17) is 5.73 Å². The molecule has 2 heterocycles. The van der Waals surface area contributed by atoms with Gasteiger partial charge in [-0.05, 0) is 6.07 Å². The predicted molar refractivity (Wildman–Crippen MR) is 59.8 cm³/mol. The average Bonchev–Trinajstić information content (AvgIpc) is 2.56. The smallest absolute Gasteiger partial charge is 0.265 e. The van der Waals surface area contributed by atoms with Gasteiger partial charge in [-0.15, -0.1) is 16.4 Å². The van der Waals surface area contributed by atoms with E-state index in [0.717, 1.165) is 5.39 Å². The fourth-order valence-corrected chi connectivity index (χ4v) is 2.29. The molecule has 1 amide bonds. The van der Waals surface area contributed by atoms with Crippen LogP contribution in [-0.2, 0) is 0 Å². The molecule has 0 spiro atoms. The van der Waals surface area contributed by atoms with Gasteiger partial charge in [-0.2, -0.15) is 5.10 Å². The van der Waals surface area contributed by atoms with E-state index in [9.17, 15) is 4.79 Å². The molecule has 0 aromatic carbocycles. The van der Waals surface area contributed by atoms with Crippen LogP contribution in [0.25, 0.3) is 10.2 Å². The number of thiophene rings is 1. The van der Waals surface area contributed by atoms with Crippen molar-refractivity contribution in [2.75, 3.05) is 19.8 Å². The third-order valence-electron chi connectivity index (χ3n) is 2.02. The van der Waals surface area contributed by atoms with Gasteiger partial charge in [0.2, 0.25) is 0 Å². The predicted octanol–water partition coefficient (Wildman–Crippen LogP) is 0.975. The number of hydrogen-bond acceptors (Lipinski definition) is 5. The molecule has 0 aliphatic heterocycles. The molecule has 0 atom stereocenters. The van der Waals surface area contributed by atoms with Gasteiger partial charge in [-0.1, -0.05) is 0 Å². The largest absolute Gasteiger partial charge is 0.397 e. The van der Waals surface area contributed by atoms with E-state index >= 15 is 0 Å². The fraction of sp³-hybridized carbons (Fsp3) is 0.222. The van der Waals surface area contributed by atoms with Crippen molar-refractivity contribution in [3.8, 4) is 0 Å². The second kappa shape index (κ2) is 3.47. The molecule has 0 radical (unpaired) electrons. The van der Waals surface area contributed by atoms with Gasteiger partial charge in [-0.25, -0.2) is 0 Å². The Morgan fingerprint density at radius 2 is 2.27 bits per heavy atom. The number of nitrogens with two attached hydrogens (primary N) is 1. The van der Waals surface area contributed by atoms with Crippen LogP contribution >= 0.6 is 11.3 Å². The first-order chi connectivity index (χ1) is 7.11. The fourth-order valence-electron chi connectivity index (χ4n) is 1.24. The molecule has 2 rings (SSSR count). The van der Waals surface area contributed by atoms with E-state index in [1.54, 1.807) is 26.4 Å². The minimum atomic E-state index is -0.101. The Morgan fingerprint density at radius 3 is 2.87 bits per heavy atom. The average molecular weight is 222 g/mol. The van der Waals surface area contributed by atoms with Crippen molar-refractivity contribution in [1.82, 2.24) is 15.1 Å². The molecule has 0 fully saturated rings. The van der Waals surface area contributed by atoms with Crippen LogP contribution in [0.2, 0.25) is 0 Å². The van der Waals surface area contributed by atoms with Crippen molar-refractivity contribution in [3.63, 3.8) is 0 Å². The van der Waals surface area contributed by atoms with Gasteiger partial charge in [0.25, 0.3) is 5.91 Å². The van der Waals surface area contributed by atoms with Gasteiger partial charge >= 0.3 is 0 Å². The molecule has 0 unspecified atom stereocenters. The van der Waals surface area contributed by atoms with Crippen molar-refractivity contribution in [2.45, 2.75) is 0 Å². The summed E-state index contributed by atoms with van der Waals surface area (Å²) < 4.78 is 0. The van der Waals surface area contributed by atoms with Crippen LogP contribution in [0.4, 0.5) is 5.69 Å². The summed E-state index contributed by atoms with van der Waals surface area (Å²) in [4.78, 5) is 14.5.